The highest BCUT2D eigenvalue weighted by Gasteiger charge is 2.44. The summed E-state index contributed by atoms with van der Waals surface area (Å²) >= 11 is 0. The quantitative estimate of drug-likeness (QED) is 0.716. The fourth-order valence-electron chi connectivity index (χ4n) is 2.45. The van der Waals surface area contributed by atoms with E-state index in [2.05, 4.69) is 24.5 Å². The van der Waals surface area contributed by atoms with Crippen LogP contribution < -0.4 is 10.6 Å². The van der Waals surface area contributed by atoms with E-state index in [1.807, 2.05) is 0 Å². The Hall–Kier alpha value is -0.0800. The van der Waals surface area contributed by atoms with Crippen molar-refractivity contribution in [1.82, 2.24) is 10.6 Å². The van der Waals surface area contributed by atoms with Crippen molar-refractivity contribution in [3.8, 4) is 0 Å². The lowest BCUT2D eigenvalue weighted by molar-refractivity contribution is 0.377. The van der Waals surface area contributed by atoms with Crippen LogP contribution in [0.3, 0.4) is 0 Å². The van der Waals surface area contributed by atoms with Gasteiger partial charge in [-0.2, -0.15) is 0 Å². The molecule has 14 heavy (non-hydrogen) atoms. The SMILES string of the molecule is CC1(C)CC1CNCC1CCCCN1. The third-order valence-electron chi connectivity index (χ3n) is 3.91. The Labute approximate surface area is 87.8 Å². The van der Waals surface area contributed by atoms with Crippen LogP contribution in [0.1, 0.15) is 39.5 Å². The van der Waals surface area contributed by atoms with Crippen molar-refractivity contribution in [1.29, 1.82) is 0 Å². The van der Waals surface area contributed by atoms with E-state index in [1.54, 1.807) is 0 Å². The molecule has 0 aromatic carbocycles. The lowest BCUT2D eigenvalue weighted by atomic mass is 10.0. The summed E-state index contributed by atoms with van der Waals surface area (Å²) in [6.07, 6.45) is 5.56. The highest BCUT2D eigenvalue weighted by Crippen LogP contribution is 2.50. The second-order valence-electron chi connectivity index (χ2n) is 5.69. The maximum Gasteiger partial charge on any atom is 0.0192 e. The first-order valence-electron chi connectivity index (χ1n) is 6.12. The molecule has 1 heterocycles. The van der Waals surface area contributed by atoms with Gasteiger partial charge in [0.05, 0.1) is 0 Å². The molecule has 1 aliphatic heterocycles. The van der Waals surface area contributed by atoms with E-state index >= 15 is 0 Å². The lowest BCUT2D eigenvalue weighted by Crippen LogP contribution is -2.42. The average molecular weight is 196 g/mol. The molecule has 1 aliphatic carbocycles. The van der Waals surface area contributed by atoms with Crippen LogP contribution in [0.2, 0.25) is 0 Å². The monoisotopic (exact) mass is 196 g/mol. The summed E-state index contributed by atoms with van der Waals surface area (Å²) in [5, 5.41) is 7.18. The highest BCUT2D eigenvalue weighted by atomic mass is 15.0. The topological polar surface area (TPSA) is 24.1 Å². The summed E-state index contributed by atoms with van der Waals surface area (Å²) < 4.78 is 0. The van der Waals surface area contributed by atoms with Crippen LogP contribution >= 0.6 is 0 Å². The molecule has 1 saturated heterocycles. The Morgan fingerprint density at radius 1 is 1.29 bits per heavy atom. The number of hydrogen-bond acceptors (Lipinski definition) is 2. The molecule has 0 spiro atoms. The Kier molecular flexibility index (Phi) is 3.13. The molecule has 2 rings (SSSR count). The minimum absolute atomic E-state index is 0.632. The Bertz CT molecular complexity index is 183. The molecule has 2 aliphatic rings. The summed E-state index contributed by atoms with van der Waals surface area (Å²) in [6, 6.07) is 0.741. The van der Waals surface area contributed by atoms with Gasteiger partial charge in [0.15, 0.2) is 0 Å². The minimum atomic E-state index is 0.632. The molecule has 0 aromatic rings. The molecule has 2 N–H and O–H groups in total. The van der Waals surface area contributed by atoms with Crippen LogP contribution in [-0.4, -0.2) is 25.7 Å². The van der Waals surface area contributed by atoms with Gasteiger partial charge >= 0.3 is 0 Å². The predicted molar refractivity (Wildman–Crippen MR) is 60.4 cm³/mol. The maximum absolute atomic E-state index is 3.61. The second-order valence-corrected chi connectivity index (χ2v) is 5.69. The summed E-state index contributed by atoms with van der Waals surface area (Å²) in [6.45, 7) is 8.37. The molecule has 2 fully saturated rings. The van der Waals surface area contributed by atoms with Crippen molar-refractivity contribution in [2.24, 2.45) is 11.3 Å². The van der Waals surface area contributed by atoms with E-state index in [0.717, 1.165) is 12.0 Å². The average Bonchev–Trinajstić information content (AvgIpc) is 2.76. The highest BCUT2D eigenvalue weighted by molar-refractivity contribution is 4.96. The summed E-state index contributed by atoms with van der Waals surface area (Å²) in [5.41, 5.74) is 0.632. The molecule has 2 unspecified atom stereocenters. The summed E-state index contributed by atoms with van der Waals surface area (Å²) in [5.74, 6) is 0.936. The minimum Gasteiger partial charge on any atom is -0.315 e. The summed E-state index contributed by atoms with van der Waals surface area (Å²) in [4.78, 5) is 0. The van der Waals surface area contributed by atoms with Gasteiger partial charge in [0.2, 0.25) is 0 Å². The van der Waals surface area contributed by atoms with Crippen LogP contribution in [0.15, 0.2) is 0 Å². The van der Waals surface area contributed by atoms with Gasteiger partial charge in [-0.3, -0.25) is 0 Å². The molecule has 0 radical (unpaired) electrons. The van der Waals surface area contributed by atoms with E-state index in [1.165, 1.54) is 45.3 Å². The van der Waals surface area contributed by atoms with Crippen molar-refractivity contribution in [3.05, 3.63) is 0 Å². The zero-order chi connectivity index (χ0) is 10.0. The molecule has 2 heteroatoms. The lowest BCUT2D eigenvalue weighted by Gasteiger charge is -2.23. The molecule has 2 atom stereocenters. The Morgan fingerprint density at radius 2 is 2.07 bits per heavy atom. The fraction of sp³-hybridized carbons (Fsp3) is 1.00. The summed E-state index contributed by atoms with van der Waals surface area (Å²) in [7, 11) is 0. The van der Waals surface area contributed by atoms with E-state index in [4.69, 9.17) is 0 Å². The van der Waals surface area contributed by atoms with E-state index in [0.29, 0.717) is 5.41 Å². The second kappa shape index (κ2) is 4.19. The van der Waals surface area contributed by atoms with Crippen LogP contribution in [0, 0.1) is 11.3 Å². The van der Waals surface area contributed by atoms with E-state index < -0.39 is 0 Å². The third kappa shape index (κ3) is 2.71. The largest absolute Gasteiger partial charge is 0.315 e. The van der Waals surface area contributed by atoms with Crippen LogP contribution in [0.4, 0.5) is 0 Å². The smallest absolute Gasteiger partial charge is 0.0192 e. The van der Waals surface area contributed by atoms with Crippen molar-refractivity contribution >= 4 is 0 Å². The third-order valence-corrected chi connectivity index (χ3v) is 3.91. The van der Waals surface area contributed by atoms with Crippen LogP contribution in [0.5, 0.6) is 0 Å². The van der Waals surface area contributed by atoms with E-state index in [9.17, 15) is 0 Å². The van der Waals surface area contributed by atoms with Gasteiger partial charge < -0.3 is 10.6 Å². The number of piperidine rings is 1. The Morgan fingerprint density at radius 3 is 2.64 bits per heavy atom. The molecular formula is C12H24N2. The number of nitrogens with one attached hydrogen (secondary N) is 2. The molecule has 82 valence electrons. The van der Waals surface area contributed by atoms with Gasteiger partial charge in [-0.05, 0) is 43.7 Å². The van der Waals surface area contributed by atoms with Crippen LogP contribution in [-0.2, 0) is 0 Å². The molecule has 0 bridgehead atoms. The predicted octanol–water partition coefficient (Wildman–Crippen LogP) is 1.76. The van der Waals surface area contributed by atoms with Gasteiger partial charge in [-0.15, -0.1) is 0 Å². The zero-order valence-electron chi connectivity index (χ0n) is 9.60. The van der Waals surface area contributed by atoms with Crippen molar-refractivity contribution < 1.29 is 0 Å². The standard InChI is InChI=1S/C12H24N2/c1-12(2)7-10(12)8-13-9-11-5-3-4-6-14-11/h10-11,13-14H,3-9H2,1-2H3. The van der Waals surface area contributed by atoms with Gasteiger partial charge in [-0.1, -0.05) is 20.3 Å². The molecular weight excluding hydrogens is 172 g/mol. The Balaban J connectivity index is 1.54. The molecule has 2 nitrogen and oxygen atoms in total. The molecule has 1 saturated carbocycles. The maximum atomic E-state index is 3.61. The molecule has 0 aromatic heterocycles. The van der Waals surface area contributed by atoms with Gasteiger partial charge in [0.1, 0.15) is 0 Å². The first-order chi connectivity index (χ1) is 6.68. The first kappa shape index (κ1) is 10.4. The fourth-order valence-corrected chi connectivity index (χ4v) is 2.45. The van der Waals surface area contributed by atoms with Crippen molar-refractivity contribution in [2.45, 2.75) is 45.6 Å². The number of rotatable bonds is 4. The number of hydrogen-bond donors (Lipinski definition) is 2. The van der Waals surface area contributed by atoms with Crippen molar-refractivity contribution in [2.75, 3.05) is 19.6 Å². The first-order valence-corrected chi connectivity index (χ1v) is 6.12. The van der Waals surface area contributed by atoms with Gasteiger partial charge in [0, 0.05) is 12.6 Å². The van der Waals surface area contributed by atoms with Gasteiger partial charge in [-0.25, -0.2) is 0 Å². The molecule has 0 amide bonds. The zero-order valence-corrected chi connectivity index (χ0v) is 9.60. The normalized spacial score (nSPS) is 35.6. The van der Waals surface area contributed by atoms with Crippen molar-refractivity contribution in [3.63, 3.8) is 0 Å². The van der Waals surface area contributed by atoms with E-state index in [-0.39, 0.29) is 0 Å². The van der Waals surface area contributed by atoms with Gasteiger partial charge in [0.25, 0.3) is 0 Å². The van der Waals surface area contributed by atoms with Crippen LogP contribution in [0.25, 0.3) is 0 Å².